The molecule has 2 heterocycles. The number of carbonyl (C=O) groups is 3. The maximum absolute atomic E-state index is 12.6. The number of hydrogen-bond acceptors (Lipinski definition) is 5. The highest BCUT2D eigenvalue weighted by molar-refractivity contribution is 7.80. The Kier molecular flexibility index (Phi) is 6.17. The first-order valence-corrected chi connectivity index (χ1v) is 9.04. The van der Waals surface area contributed by atoms with Crippen molar-refractivity contribution in [1.29, 1.82) is 0 Å². The Hall–Kier alpha value is -2.22. The van der Waals surface area contributed by atoms with Crippen molar-refractivity contribution in [2.75, 3.05) is 13.1 Å². The lowest BCUT2D eigenvalue weighted by Crippen LogP contribution is -2.54. The molecule has 2 saturated heterocycles. The quantitative estimate of drug-likeness (QED) is 0.352. The fourth-order valence-electron chi connectivity index (χ4n) is 2.88. The molecule has 0 bridgehead atoms. The Bertz CT molecular complexity index is 666. The minimum atomic E-state index is -0.614. The Morgan fingerprint density at radius 2 is 2.08 bits per heavy atom. The van der Waals surface area contributed by atoms with Gasteiger partial charge in [-0.2, -0.15) is 0 Å². The molecular formula is C18H25N3O4S. The predicted molar refractivity (Wildman–Crippen MR) is 101 cm³/mol. The van der Waals surface area contributed by atoms with Crippen molar-refractivity contribution >= 4 is 35.2 Å². The van der Waals surface area contributed by atoms with Crippen molar-refractivity contribution in [3.8, 4) is 0 Å². The van der Waals surface area contributed by atoms with Gasteiger partial charge in [0.25, 0.3) is 11.8 Å². The molecule has 0 aromatic heterocycles. The monoisotopic (exact) mass is 379 g/mol. The van der Waals surface area contributed by atoms with Crippen LogP contribution in [0.1, 0.15) is 40.0 Å². The zero-order chi connectivity index (χ0) is 19.5. The average Bonchev–Trinajstić information content (AvgIpc) is 2.54. The lowest BCUT2D eigenvalue weighted by atomic mass is 9.99. The first-order valence-electron chi connectivity index (χ1n) is 8.63. The van der Waals surface area contributed by atoms with Gasteiger partial charge in [-0.15, -0.1) is 6.58 Å². The zero-order valence-electron chi connectivity index (χ0n) is 15.4. The highest BCUT2D eigenvalue weighted by Crippen LogP contribution is 2.23. The average molecular weight is 379 g/mol. The van der Waals surface area contributed by atoms with Crippen LogP contribution in [0.25, 0.3) is 0 Å². The van der Waals surface area contributed by atoms with Crippen molar-refractivity contribution in [3.05, 3.63) is 24.3 Å². The molecule has 26 heavy (non-hydrogen) atoms. The fourth-order valence-corrected chi connectivity index (χ4v) is 3.13. The second-order valence-electron chi connectivity index (χ2n) is 7.28. The SMILES string of the molecule is C=CCN1C(=O)/C(=C/C2CCCCN2C(=O)OC(C)(C)C)C(=O)NC1=S. The topological polar surface area (TPSA) is 79.0 Å². The summed E-state index contributed by atoms with van der Waals surface area (Å²) in [5, 5.41) is 2.57. The van der Waals surface area contributed by atoms with E-state index in [1.54, 1.807) is 31.7 Å². The molecule has 0 aromatic rings. The van der Waals surface area contributed by atoms with Gasteiger partial charge in [0.15, 0.2) is 5.11 Å². The van der Waals surface area contributed by atoms with Crippen LogP contribution in [0, 0.1) is 0 Å². The number of ether oxygens (including phenoxy) is 1. The molecule has 1 N–H and O–H groups in total. The maximum Gasteiger partial charge on any atom is 0.410 e. The van der Waals surface area contributed by atoms with E-state index in [4.69, 9.17) is 17.0 Å². The Balaban J connectivity index is 2.27. The zero-order valence-corrected chi connectivity index (χ0v) is 16.2. The number of piperidine rings is 1. The van der Waals surface area contributed by atoms with Gasteiger partial charge in [-0.1, -0.05) is 6.08 Å². The molecule has 0 saturated carbocycles. The summed E-state index contributed by atoms with van der Waals surface area (Å²) in [5.41, 5.74) is -0.627. The molecule has 2 aliphatic heterocycles. The Morgan fingerprint density at radius 3 is 2.69 bits per heavy atom. The molecule has 0 aliphatic carbocycles. The van der Waals surface area contributed by atoms with Crippen LogP contribution in [0.5, 0.6) is 0 Å². The minimum absolute atomic E-state index is 0.0130. The van der Waals surface area contributed by atoms with Crippen LogP contribution >= 0.6 is 12.2 Å². The molecule has 0 spiro atoms. The molecule has 7 nitrogen and oxygen atoms in total. The van der Waals surface area contributed by atoms with Crippen molar-refractivity contribution in [1.82, 2.24) is 15.1 Å². The molecule has 1 atom stereocenters. The van der Waals surface area contributed by atoms with E-state index in [-0.39, 0.29) is 23.3 Å². The number of nitrogens with one attached hydrogen (secondary N) is 1. The largest absolute Gasteiger partial charge is 0.444 e. The van der Waals surface area contributed by atoms with E-state index in [1.807, 2.05) is 0 Å². The van der Waals surface area contributed by atoms with Gasteiger partial charge in [0, 0.05) is 13.1 Å². The number of hydrogen-bond donors (Lipinski definition) is 1. The van der Waals surface area contributed by atoms with Crippen LogP contribution in [0.15, 0.2) is 24.3 Å². The smallest absolute Gasteiger partial charge is 0.410 e. The van der Waals surface area contributed by atoms with Crippen LogP contribution in [0.2, 0.25) is 0 Å². The predicted octanol–water partition coefficient (Wildman–Crippen LogP) is 2.13. The highest BCUT2D eigenvalue weighted by Gasteiger charge is 2.36. The van der Waals surface area contributed by atoms with E-state index in [2.05, 4.69) is 11.9 Å². The second kappa shape index (κ2) is 7.99. The van der Waals surface area contributed by atoms with E-state index in [0.29, 0.717) is 13.0 Å². The molecule has 2 rings (SSSR count). The van der Waals surface area contributed by atoms with Gasteiger partial charge in [-0.25, -0.2) is 4.79 Å². The molecule has 0 radical (unpaired) electrons. The van der Waals surface area contributed by atoms with Gasteiger partial charge in [-0.05, 0) is 58.3 Å². The van der Waals surface area contributed by atoms with Crippen molar-refractivity contribution in [3.63, 3.8) is 0 Å². The molecule has 0 aromatic carbocycles. The number of thiocarbonyl (C=S) groups is 1. The standard InChI is InChI=1S/C18H25N3O4S/c1-5-9-21-15(23)13(14(22)19-16(21)26)11-12-8-6-7-10-20(12)17(24)25-18(2,3)4/h5,11-12H,1,6-10H2,2-4H3,(H,19,22,26)/b13-11+. The third-order valence-corrected chi connectivity index (χ3v) is 4.36. The molecule has 8 heteroatoms. The fraction of sp³-hybridized carbons (Fsp3) is 0.556. The summed E-state index contributed by atoms with van der Waals surface area (Å²) in [6.07, 6.45) is 5.06. The van der Waals surface area contributed by atoms with Crippen LogP contribution in [-0.2, 0) is 14.3 Å². The molecule has 1 unspecified atom stereocenters. The maximum atomic E-state index is 12.6. The molecule has 2 aliphatic rings. The first kappa shape index (κ1) is 20.1. The van der Waals surface area contributed by atoms with Crippen LogP contribution in [-0.4, -0.2) is 57.6 Å². The van der Waals surface area contributed by atoms with E-state index >= 15 is 0 Å². The van der Waals surface area contributed by atoms with Crippen molar-refractivity contribution in [2.45, 2.75) is 51.7 Å². The lowest BCUT2D eigenvalue weighted by Gasteiger charge is -2.36. The van der Waals surface area contributed by atoms with Crippen LogP contribution in [0.3, 0.4) is 0 Å². The summed E-state index contributed by atoms with van der Waals surface area (Å²) in [7, 11) is 0. The molecule has 3 amide bonds. The van der Waals surface area contributed by atoms with Gasteiger partial charge < -0.3 is 9.64 Å². The Morgan fingerprint density at radius 1 is 1.38 bits per heavy atom. The van der Waals surface area contributed by atoms with Crippen molar-refractivity contribution < 1.29 is 19.1 Å². The number of amides is 3. The van der Waals surface area contributed by atoms with E-state index < -0.39 is 23.5 Å². The van der Waals surface area contributed by atoms with Gasteiger partial charge in [0.05, 0.1) is 6.04 Å². The summed E-state index contributed by atoms with van der Waals surface area (Å²) in [4.78, 5) is 40.3. The van der Waals surface area contributed by atoms with E-state index in [1.165, 1.54) is 11.0 Å². The van der Waals surface area contributed by atoms with Crippen LogP contribution < -0.4 is 5.32 Å². The third kappa shape index (κ3) is 4.69. The molecular weight excluding hydrogens is 354 g/mol. The number of likely N-dealkylation sites (tertiary alicyclic amines) is 1. The number of rotatable bonds is 3. The van der Waals surface area contributed by atoms with E-state index in [0.717, 1.165) is 12.8 Å². The van der Waals surface area contributed by atoms with Gasteiger partial charge in [-0.3, -0.25) is 19.8 Å². The third-order valence-electron chi connectivity index (χ3n) is 4.03. The summed E-state index contributed by atoms with van der Waals surface area (Å²) < 4.78 is 5.45. The normalized spacial score (nSPS) is 23.1. The second-order valence-corrected chi connectivity index (χ2v) is 7.67. The summed E-state index contributed by atoms with van der Waals surface area (Å²) in [6.45, 7) is 9.72. The summed E-state index contributed by atoms with van der Waals surface area (Å²) in [6, 6.07) is -0.374. The van der Waals surface area contributed by atoms with Gasteiger partial charge >= 0.3 is 6.09 Å². The lowest BCUT2D eigenvalue weighted by molar-refractivity contribution is -0.128. The Labute approximate surface area is 159 Å². The van der Waals surface area contributed by atoms with E-state index in [9.17, 15) is 14.4 Å². The molecule has 142 valence electrons. The first-order chi connectivity index (χ1) is 12.1. The minimum Gasteiger partial charge on any atom is -0.444 e. The van der Waals surface area contributed by atoms with Gasteiger partial charge in [0.1, 0.15) is 11.2 Å². The summed E-state index contributed by atoms with van der Waals surface area (Å²) in [5.74, 6) is -1.02. The van der Waals surface area contributed by atoms with Gasteiger partial charge in [0.2, 0.25) is 0 Å². The highest BCUT2D eigenvalue weighted by atomic mass is 32.1. The van der Waals surface area contributed by atoms with Crippen LogP contribution in [0.4, 0.5) is 4.79 Å². The van der Waals surface area contributed by atoms with Crippen molar-refractivity contribution in [2.24, 2.45) is 0 Å². The molecule has 2 fully saturated rings. The number of carbonyl (C=O) groups excluding carboxylic acids is 3. The number of nitrogens with zero attached hydrogens (tertiary/aromatic N) is 2. The summed E-state index contributed by atoms with van der Waals surface area (Å²) >= 11 is 5.04.